The number of anilines is 1. The van der Waals surface area contributed by atoms with Gasteiger partial charge in [-0.1, -0.05) is 30.3 Å². The topological polar surface area (TPSA) is 92.8 Å². The Labute approximate surface area is 169 Å². The number of esters is 1. The molecule has 0 spiro atoms. The summed E-state index contributed by atoms with van der Waals surface area (Å²) < 4.78 is 31.5. The number of carbonyl (C=O) groups is 2. The Kier molecular flexibility index (Phi) is 5.95. The minimum absolute atomic E-state index is 0.00704. The lowest BCUT2D eigenvalue weighted by Gasteiger charge is -2.16. The molecule has 0 saturated carbocycles. The fraction of sp³-hybridized carbons (Fsp3) is 0.143. The van der Waals surface area contributed by atoms with Gasteiger partial charge < -0.3 is 10.1 Å². The van der Waals surface area contributed by atoms with Gasteiger partial charge in [0.25, 0.3) is 0 Å². The normalized spacial score (nSPS) is 11.4. The summed E-state index contributed by atoms with van der Waals surface area (Å²) in [5.41, 5.74) is 0.481. The zero-order chi connectivity index (χ0) is 21.0. The van der Waals surface area contributed by atoms with E-state index in [1.807, 2.05) is 30.3 Å². The summed E-state index contributed by atoms with van der Waals surface area (Å²) in [7, 11) is -2.58. The van der Waals surface area contributed by atoms with Crippen LogP contribution in [0.25, 0.3) is 10.8 Å². The second-order valence-corrected chi connectivity index (χ2v) is 8.49. The number of ether oxygens (including phenoxy) is 1. The van der Waals surface area contributed by atoms with Gasteiger partial charge in [0.15, 0.2) is 0 Å². The molecule has 0 aliphatic carbocycles. The number of sulfonamides is 1. The second kappa shape index (κ2) is 8.42. The first-order valence-electron chi connectivity index (χ1n) is 8.79. The van der Waals surface area contributed by atoms with Crippen molar-refractivity contribution in [3.05, 3.63) is 66.7 Å². The Morgan fingerprint density at radius 2 is 1.62 bits per heavy atom. The number of hydrogen-bond donors (Lipinski definition) is 1. The maximum atomic E-state index is 12.7. The summed E-state index contributed by atoms with van der Waals surface area (Å²) in [4.78, 5) is 23.3. The van der Waals surface area contributed by atoms with E-state index < -0.39 is 22.5 Å². The molecular formula is C21H20N2O5S. The highest BCUT2D eigenvalue weighted by Crippen LogP contribution is 2.21. The van der Waals surface area contributed by atoms with Gasteiger partial charge in [-0.25, -0.2) is 8.42 Å². The van der Waals surface area contributed by atoms with E-state index in [2.05, 4.69) is 5.32 Å². The predicted octanol–water partition coefficient (Wildman–Crippen LogP) is 3.02. The van der Waals surface area contributed by atoms with Crippen LogP contribution in [0.4, 0.5) is 5.69 Å². The molecule has 3 aromatic rings. The van der Waals surface area contributed by atoms with Crippen molar-refractivity contribution in [1.82, 2.24) is 4.31 Å². The van der Waals surface area contributed by atoms with E-state index in [9.17, 15) is 18.0 Å². The van der Waals surface area contributed by atoms with Gasteiger partial charge in [0.1, 0.15) is 12.3 Å². The predicted molar refractivity (Wildman–Crippen MR) is 110 cm³/mol. The maximum absolute atomic E-state index is 12.7. The van der Waals surface area contributed by atoms with Crippen LogP contribution in [0.15, 0.2) is 71.6 Å². The summed E-state index contributed by atoms with van der Waals surface area (Å²) in [5, 5.41) is 4.49. The average Bonchev–Trinajstić information content (AvgIpc) is 2.67. The molecule has 3 rings (SSSR count). The lowest BCUT2D eigenvalue weighted by molar-refractivity contribution is -0.134. The van der Waals surface area contributed by atoms with Crippen LogP contribution in [0.3, 0.4) is 0 Å². The van der Waals surface area contributed by atoms with Crippen molar-refractivity contribution in [2.24, 2.45) is 0 Å². The van der Waals surface area contributed by atoms with Gasteiger partial charge in [-0.3, -0.25) is 9.59 Å². The third-order valence-corrected chi connectivity index (χ3v) is 6.00. The largest absolute Gasteiger partial charge is 0.426 e. The van der Waals surface area contributed by atoms with Crippen molar-refractivity contribution in [2.75, 3.05) is 18.9 Å². The van der Waals surface area contributed by atoms with Crippen molar-refractivity contribution < 1.29 is 22.7 Å². The number of rotatable bonds is 6. The molecule has 29 heavy (non-hydrogen) atoms. The molecule has 0 aliphatic heterocycles. The van der Waals surface area contributed by atoms with Crippen LogP contribution >= 0.6 is 0 Å². The average molecular weight is 412 g/mol. The van der Waals surface area contributed by atoms with Crippen LogP contribution in [0.1, 0.15) is 6.92 Å². The third-order valence-electron chi connectivity index (χ3n) is 4.19. The van der Waals surface area contributed by atoms with E-state index in [0.29, 0.717) is 11.4 Å². The molecule has 1 amide bonds. The quantitative estimate of drug-likeness (QED) is 0.496. The summed E-state index contributed by atoms with van der Waals surface area (Å²) in [5.74, 6) is -0.602. The molecule has 8 heteroatoms. The second-order valence-electron chi connectivity index (χ2n) is 6.45. The van der Waals surface area contributed by atoms with Crippen LogP contribution in [0, 0.1) is 0 Å². The molecule has 0 aliphatic rings. The number of nitrogens with one attached hydrogen (secondary N) is 1. The van der Waals surface area contributed by atoms with Gasteiger partial charge in [-0.2, -0.15) is 4.31 Å². The Balaban J connectivity index is 1.67. The molecule has 0 aromatic heterocycles. The van der Waals surface area contributed by atoms with Crippen molar-refractivity contribution in [3.8, 4) is 5.75 Å². The number of fused-ring (bicyclic) bond motifs is 1. The molecule has 0 bridgehead atoms. The van der Waals surface area contributed by atoms with Gasteiger partial charge in [0, 0.05) is 19.7 Å². The van der Waals surface area contributed by atoms with E-state index in [1.165, 1.54) is 38.2 Å². The smallest absolute Gasteiger partial charge is 0.326 e. The number of carbonyl (C=O) groups excluding carboxylic acids is 2. The van der Waals surface area contributed by atoms with Gasteiger partial charge in [0.2, 0.25) is 15.9 Å². The van der Waals surface area contributed by atoms with Crippen molar-refractivity contribution in [2.45, 2.75) is 11.8 Å². The zero-order valence-electron chi connectivity index (χ0n) is 16.0. The van der Waals surface area contributed by atoms with E-state index >= 15 is 0 Å². The van der Waals surface area contributed by atoms with Gasteiger partial charge in [0.05, 0.1) is 4.90 Å². The van der Waals surface area contributed by atoms with E-state index in [0.717, 1.165) is 15.1 Å². The molecule has 0 radical (unpaired) electrons. The molecule has 0 heterocycles. The third kappa shape index (κ3) is 4.98. The van der Waals surface area contributed by atoms with E-state index in [4.69, 9.17) is 4.74 Å². The SMILES string of the molecule is CC(=O)Nc1ccc(S(=O)(=O)N(C)CC(=O)Oc2ccc3ccccc3c2)cc1. The zero-order valence-corrected chi connectivity index (χ0v) is 16.8. The molecule has 0 fully saturated rings. The molecule has 0 unspecified atom stereocenters. The minimum atomic E-state index is -3.89. The first-order chi connectivity index (χ1) is 13.8. The lowest BCUT2D eigenvalue weighted by atomic mass is 10.1. The molecule has 150 valence electrons. The minimum Gasteiger partial charge on any atom is -0.426 e. The molecule has 7 nitrogen and oxygen atoms in total. The van der Waals surface area contributed by atoms with Gasteiger partial charge >= 0.3 is 5.97 Å². The summed E-state index contributed by atoms with van der Waals surface area (Å²) in [6.07, 6.45) is 0. The Hall–Kier alpha value is -3.23. The van der Waals surface area contributed by atoms with Crippen LogP contribution in [-0.4, -0.2) is 38.2 Å². The molecule has 3 aromatic carbocycles. The first kappa shape index (κ1) is 20.5. The summed E-state index contributed by atoms with van der Waals surface area (Å²) >= 11 is 0. The van der Waals surface area contributed by atoms with Crippen molar-refractivity contribution >= 4 is 38.4 Å². The molecular weight excluding hydrogens is 392 g/mol. The number of benzene rings is 3. The fourth-order valence-electron chi connectivity index (χ4n) is 2.75. The standard InChI is InChI=1S/C21H20N2O5S/c1-15(24)22-18-8-11-20(12-9-18)29(26,27)23(2)14-21(25)28-19-10-7-16-5-3-4-6-17(16)13-19/h3-13H,14H2,1-2H3,(H,22,24). The number of amides is 1. The Bertz CT molecular complexity index is 1160. The van der Waals surface area contributed by atoms with E-state index in [-0.39, 0.29) is 10.8 Å². The number of likely N-dealkylation sites (N-methyl/N-ethyl adjacent to an activating group) is 1. The molecule has 1 N–H and O–H groups in total. The van der Waals surface area contributed by atoms with Crippen molar-refractivity contribution in [1.29, 1.82) is 0 Å². The monoisotopic (exact) mass is 412 g/mol. The molecule has 0 saturated heterocycles. The van der Waals surface area contributed by atoms with Crippen LogP contribution in [0.2, 0.25) is 0 Å². The maximum Gasteiger partial charge on any atom is 0.326 e. The Morgan fingerprint density at radius 3 is 2.28 bits per heavy atom. The van der Waals surface area contributed by atoms with E-state index in [1.54, 1.807) is 12.1 Å². The van der Waals surface area contributed by atoms with Crippen molar-refractivity contribution in [3.63, 3.8) is 0 Å². The van der Waals surface area contributed by atoms with Gasteiger partial charge in [-0.15, -0.1) is 0 Å². The highest BCUT2D eigenvalue weighted by molar-refractivity contribution is 7.89. The Morgan fingerprint density at radius 1 is 0.966 bits per heavy atom. The molecule has 0 atom stereocenters. The summed E-state index contributed by atoms with van der Waals surface area (Å²) in [6, 6.07) is 18.5. The number of nitrogens with zero attached hydrogens (tertiary/aromatic N) is 1. The number of hydrogen-bond acceptors (Lipinski definition) is 5. The van der Waals surface area contributed by atoms with Crippen LogP contribution < -0.4 is 10.1 Å². The lowest BCUT2D eigenvalue weighted by Crippen LogP contribution is -2.34. The fourth-order valence-corrected chi connectivity index (χ4v) is 3.87. The van der Waals surface area contributed by atoms with Crippen LogP contribution in [-0.2, 0) is 19.6 Å². The first-order valence-corrected chi connectivity index (χ1v) is 10.2. The van der Waals surface area contributed by atoms with Crippen LogP contribution in [0.5, 0.6) is 5.75 Å². The summed E-state index contributed by atoms with van der Waals surface area (Å²) in [6.45, 7) is 0.919. The van der Waals surface area contributed by atoms with Gasteiger partial charge in [-0.05, 0) is 47.2 Å². The highest BCUT2D eigenvalue weighted by Gasteiger charge is 2.24. The highest BCUT2D eigenvalue weighted by atomic mass is 32.2.